The third-order valence-corrected chi connectivity index (χ3v) is 2.73. The maximum Gasteiger partial charge on any atom is 0.267 e. The molecule has 2 rings (SSSR count). The first-order valence-corrected chi connectivity index (χ1v) is 6.19. The molecular weight excluding hydrogens is 200 g/mol. The van der Waals surface area contributed by atoms with Gasteiger partial charge in [-0.3, -0.25) is 4.79 Å². The molecule has 0 saturated heterocycles. The Hall–Kier alpha value is -1.25. The van der Waals surface area contributed by atoms with E-state index < -0.39 is 0 Å². The molecule has 3 nitrogen and oxygen atoms in total. The molecular formula is C13H22N2O. The Morgan fingerprint density at radius 1 is 1.50 bits per heavy atom. The maximum atomic E-state index is 11.5. The molecule has 1 amide bonds. The summed E-state index contributed by atoms with van der Waals surface area (Å²) in [6, 6.07) is 2.40. The Morgan fingerprint density at radius 3 is 2.81 bits per heavy atom. The molecule has 0 fully saturated rings. The Bertz CT molecular complexity index is 355. The lowest BCUT2D eigenvalue weighted by Crippen LogP contribution is -2.38. The van der Waals surface area contributed by atoms with Gasteiger partial charge in [-0.15, -0.1) is 0 Å². The van der Waals surface area contributed by atoms with Crippen molar-refractivity contribution in [1.82, 2.24) is 9.88 Å². The van der Waals surface area contributed by atoms with E-state index in [1.54, 1.807) is 0 Å². The van der Waals surface area contributed by atoms with E-state index in [0.29, 0.717) is 6.04 Å². The maximum absolute atomic E-state index is 11.5. The van der Waals surface area contributed by atoms with Crippen molar-refractivity contribution in [2.24, 2.45) is 0 Å². The summed E-state index contributed by atoms with van der Waals surface area (Å²) in [5.74, 6) is 0.0606. The number of nitrogens with one attached hydrogen (secondary N) is 1. The monoisotopic (exact) mass is 222 g/mol. The standard InChI is InChI=1S/C11H16N2O.C2H6/c1-3-4-9-6-12-11(14)10-5-8(2)7-13(9)10;1-2/h5,7,9H,3-4,6H2,1-2H3,(H,12,14);1-2H3. The number of aromatic nitrogens is 1. The van der Waals surface area contributed by atoms with Crippen molar-refractivity contribution >= 4 is 5.91 Å². The lowest BCUT2D eigenvalue weighted by atomic mass is 10.1. The molecule has 90 valence electrons. The van der Waals surface area contributed by atoms with Gasteiger partial charge in [0.2, 0.25) is 0 Å². The predicted octanol–water partition coefficient (Wildman–Crippen LogP) is 2.91. The lowest BCUT2D eigenvalue weighted by Gasteiger charge is -2.26. The highest BCUT2D eigenvalue weighted by atomic mass is 16.2. The number of nitrogens with zero attached hydrogens (tertiary/aromatic N) is 1. The first kappa shape index (κ1) is 12.8. The molecule has 1 atom stereocenters. The minimum atomic E-state index is 0.0606. The highest BCUT2D eigenvalue weighted by Crippen LogP contribution is 2.22. The van der Waals surface area contributed by atoms with Crippen LogP contribution in [0.25, 0.3) is 0 Å². The Balaban J connectivity index is 0.000000606. The van der Waals surface area contributed by atoms with Crippen LogP contribution < -0.4 is 5.32 Å². The zero-order valence-electron chi connectivity index (χ0n) is 10.7. The van der Waals surface area contributed by atoms with Gasteiger partial charge < -0.3 is 9.88 Å². The molecule has 0 spiro atoms. The number of hydrogen-bond donors (Lipinski definition) is 1. The first-order valence-electron chi connectivity index (χ1n) is 6.19. The molecule has 1 aromatic heterocycles. The number of amides is 1. The fourth-order valence-corrected chi connectivity index (χ4v) is 2.08. The molecule has 0 aromatic carbocycles. The third-order valence-electron chi connectivity index (χ3n) is 2.73. The average Bonchev–Trinajstić information content (AvgIpc) is 2.68. The topological polar surface area (TPSA) is 34.0 Å². The molecule has 0 radical (unpaired) electrons. The molecule has 0 aliphatic carbocycles. The van der Waals surface area contributed by atoms with Gasteiger partial charge in [-0.1, -0.05) is 27.2 Å². The highest BCUT2D eigenvalue weighted by Gasteiger charge is 2.23. The van der Waals surface area contributed by atoms with Crippen LogP contribution in [0.1, 0.15) is 55.7 Å². The van der Waals surface area contributed by atoms with Crippen molar-refractivity contribution < 1.29 is 4.79 Å². The first-order chi connectivity index (χ1) is 7.72. The van der Waals surface area contributed by atoms with Crippen molar-refractivity contribution in [1.29, 1.82) is 0 Å². The smallest absolute Gasteiger partial charge is 0.267 e. The van der Waals surface area contributed by atoms with Gasteiger partial charge in [-0.25, -0.2) is 0 Å². The number of carbonyl (C=O) groups excluding carboxylic acids is 1. The van der Waals surface area contributed by atoms with Gasteiger partial charge in [-0.05, 0) is 25.0 Å². The van der Waals surface area contributed by atoms with E-state index in [9.17, 15) is 4.79 Å². The summed E-state index contributed by atoms with van der Waals surface area (Å²) >= 11 is 0. The van der Waals surface area contributed by atoms with Crippen LogP contribution in [0.4, 0.5) is 0 Å². The van der Waals surface area contributed by atoms with Gasteiger partial charge in [0, 0.05) is 12.7 Å². The van der Waals surface area contributed by atoms with E-state index in [-0.39, 0.29) is 5.91 Å². The second kappa shape index (κ2) is 5.73. The van der Waals surface area contributed by atoms with Crippen molar-refractivity contribution in [3.05, 3.63) is 23.5 Å². The fourth-order valence-electron chi connectivity index (χ4n) is 2.08. The largest absolute Gasteiger partial charge is 0.349 e. The van der Waals surface area contributed by atoms with E-state index in [1.807, 2.05) is 26.8 Å². The summed E-state index contributed by atoms with van der Waals surface area (Å²) in [4.78, 5) is 11.5. The molecule has 1 unspecified atom stereocenters. The van der Waals surface area contributed by atoms with Crippen molar-refractivity contribution in [2.75, 3.05) is 6.54 Å². The summed E-state index contributed by atoms with van der Waals surface area (Å²) in [6.07, 6.45) is 4.35. The van der Waals surface area contributed by atoms with Crippen LogP contribution in [-0.2, 0) is 0 Å². The van der Waals surface area contributed by atoms with E-state index in [2.05, 4.69) is 23.0 Å². The number of rotatable bonds is 2. The van der Waals surface area contributed by atoms with Gasteiger partial charge in [0.1, 0.15) is 5.69 Å². The predicted molar refractivity (Wildman–Crippen MR) is 66.8 cm³/mol. The number of aryl methyl sites for hydroxylation is 1. The molecule has 16 heavy (non-hydrogen) atoms. The Labute approximate surface area is 97.8 Å². The quantitative estimate of drug-likeness (QED) is 0.820. The fraction of sp³-hybridized carbons (Fsp3) is 0.615. The number of carbonyl (C=O) groups is 1. The lowest BCUT2D eigenvalue weighted by molar-refractivity contribution is 0.0913. The van der Waals surface area contributed by atoms with Crippen LogP contribution in [0.15, 0.2) is 12.3 Å². The van der Waals surface area contributed by atoms with Crippen LogP contribution >= 0.6 is 0 Å². The SMILES string of the molecule is CC.CCCC1CNC(=O)c2cc(C)cn21. The van der Waals surface area contributed by atoms with Crippen LogP contribution in [0, 0.1) is 6.92 Å². The molecule has 1 aliphatic rings. The zero-order chi connectivity index (χ0) is 12.1. The van der Waals surface area contributed by atoms with Crippen molar-refractivity contribution in [3.8, 4) is 0 Å². The normalized spacial score (nSPS) is 18.2. The molecule has 0 saturated carbocycles. The molecule has 1 aliphatic heterocycles. The minimum absolute atomic E-state index is 0.0606. The van der Waals surface area contributed by atoms with Gasteiger partial charge in [0.25, 0.3) is 5.91 Å². The molecule has 1 N–H and O–H groups in total. The van der Waals surface area contributed by atoms with Gasteiger partial charge in [0.05, 0.1) is 6.04 Å². The molecule has 3 heteroatoms. The van der Waals surface area contributed by atoms with Gasteiger partial charge in [-0.2, -0.15) is 0 Å². The van der Waals surface area contributed by atoms with E-state index in [1.165, 1.54) is 0 Å². The second-order valence-corrected chi connectivity index (χ2v) is 3.96. The zero-order valence-corrected chi connectivity index (χ0v) is 10.7. The second-order valence-electron chi connectivity index (χ2n) is 3.96. The highest BCUT2D eigenvalue weighted by molar-refractivity contribution is 5.93. The average molecular weight is 222 g/mol. The molecule has 2 heterocycles. The van der Waals surface area contributed by atoms with E-state index >= 15 is 0 Å². The van der Waals surface area contributed by atoms with Crippen LogP contribution in [0.5, 0.6) is 0 Å². The summed E-state index contributed by atoms with van der Waals surface area (Å²) in [7, 11) is 0. The summed E-state index contributed by atoms with van der Waals surface area (Å²) in [6.45, 7) is 8.97. The van der Waals surface area contributed by atoms with Gasteiger partial charge >= 0.3 is 0 Å². The van der Waals surface area contributed by atoms with Gasteiger partial charge in [0.15, 0.2) is 0 Å². The number of hydrogen-bond acceptors (Lipinski definition) is 1. The Kier molecular flexibility index (Phi) is 4.59. The van der Waals surface area contributed by atoms with E-state index in [4.69, 9.17) is 0 Å². The third kappa shape index (κ3) is 2.46. The van der Waals surface area contributed by atoms with Crippen LogP contribution in [-0.4, -0.2) is 17.0 Å². The molecule has 0 bridgehead atoms. The van der Waals surface area contributed by atoms with Crippen molar-refractivity contribution in [2.45, 2.75) is 46.6 Å². The molecule has 1 aromatic rings. The van der Waals surface area contributed by atoms with Crippen LogP contribution in [0.3, 0.4) is 0 Å². The van der Waals surface area contributed by atoms with Crippen LogP contribution in [0.2, 0.25) is 0 Å². The summed E-state index contributed by atoms with van der Waals surface area (Å²) in [5, 5.41) is 2.93. The Morgan fingerprint density at radius 2 is 2.19 bits per heavy atom. The summed E-state index contributed by atoms with van der Waals surface area (Å²) < 4.78 is 2.12. The minimum Gasteiger partial charge on any atom is -0.349 e. The van der Waals surface area contributed by atoms with Crippen molar-refractivity contribution in [3.63, 3.8) is 0 Å². The number of fused-ring (bicyclic) bond motifs is 1. The summed E-state index contributed by atoms with van der Waals surface area (Å²) in [5.41, 5.74) is 1.98. The van der Waals surface area contributed by atoms with E-state index in [0.717, 1.165) is 30.6 Å².